The van der Waals surface area contributed by atoms with Gasteiger partial charge in [-0.15, -0.1) is 0 Å². The van der Waals surface area contributed by atoms with Crippen LogP contribution in [0.1, 0.15) is 30.9 Å². The van der Waals surface area contributed by atoms with Crippen molar-refractivity contribution in [2.24, 2.45) is 0 Å². The second-order valence-electron chi connectivity index (χ2n) is 4.11. The monoisotopic (exact) mass is 302 g/mol. The molecule has 1 N–H and O–H groups in total. The van der Waals surface area contributed by atoms with Crippen molar-refractivity contribution in [3.05, 3.63) is 21.7 Å². The number of hydrogen-bond acceptors (Lipinski definition) is 3. The van der Waals surface area contributed by atoms with E-state index in [4.69, 9.17) is 14.6 Å². The highest BCUT2D eigenvalue weighted by Gasteiger charge is 2.20. The van der Waals surface area contributed by atoms with Crippen molar-refractivity contribution in [1.29, 1.82) is 0 Å². The molecule has 0 aliphatic heterocycles. The van der Waals surface area contributed by atoms with Crippen molar-refractivity contribution >= 4 is 15.9 Å². The Balaban J connectivity index is 3.48. The van der Waals surface area contributed by atoms with E-state index in [1.807, 2.05) is 6.07 Å². The number of halogens is 1. The van der Waals surface area contributed by atoms with E-state index in [0.717, 1.165) is 21.3 Å². The maximum absolute atomic E-state index is 9.15. The number of aliphatic hydroxyl groups excluding tert-OH is 1. The summed E-state index contributed by atoms with van der Waals surface area (Å²) in [4.78, 5) is 0. The van der Waals surface area contributed by atoms with E-state index in [2.05, 4.69) is 29.8 Å². The lowest BCUT2D eigenvalue weighted by Crippen LogP contribution is -2.05. The van der Waals surface area contributed by atoms with Crippen LogP contribution in [0.25, 0.3) is 0 Å². The van der Waals surface area contributed by atoms with E-state index in [1.165, 1.54) is 0 Å². The Labute approximate surface area is 111 Å². The number of hydrogen-bond donors (Lipinski definition) is 1. The van der Waals surface area contributed by atoms with Crippen LogP contribution in [-0.2, 0) is 6.42 Å². The van der Waals surface area contributed by atoms with Gasteiger partial charge >= 0.3 is 0 Å². The largest absolute Gasteiger partial charge is 0.493 e. The van der Waals surface area contributed by atoms with Gasteiger partial charge in [-0.25, -0.2) is 0 Å². The molecule has 3 nitrogen and oxygen atoms in total. The first-order valence-corrected chi connectivity index (χ1v) is 6.40. The van der Waals surface area contributed by atoms with Crippen LogP contribution >= 0.6 is 15.9 Å². The van der Waals surface area contributed by atoms with Crippen LogP contribution in [-0.4, -0.2) is 25.9 Å². The molecular weight excluding hydrogens is 284 g/mol. The van der Waals surface area contributed by atoms with Crippen LogP contribution in [0, 0.1) is 0 Å². The first kappa shape index (κ1) is 14.3. The molecule has 0 saturated carbocycles. The molecule has 0 saturated heterocycles. The molecule has 0 atom stereocenters. The normalized spacial score (nSPS) is 10.8. The molecule has 1 aromatic rings. The summed E-state index contributed by atoms with van der Waals surface area (Å²) in [5.74, 6) is 1.77. The van der Waals surface area contributed by atoms with Crippen molar-refractivity contribution in [2.45, 2.75) is 26.2 Å². The molecule has 4 heteroatoms. The minimum absolute atomic E-state index is 0.119. The van der Waals surface area contributed by atoms with E-state index in [1.54, 1.807) is 14.2 Å². The predicted octanol–water partition coefficient (Wildman–Crippen LogP) is 3.12. The third-order valence-corrected chi connectivity index (χ3v) is 3.41. The zero-order chi connectivity index (χ0) is 13.0. The summed E-state index contributed by atoms with van der Waals surface area (Å²) in [6, 6.07) is 1.88. The van der Waals surface area contributed by atoms with Gasteiger partial charge in [-0.2, -0.15) is 0 Å². The van der Waals surface area contributed by atoms with Crippen molar-refractivity contribution in [1.82, 2.24) is 0 Å². The van der Waals surface area contributed by atoms with Gasteiger partial charge in [0.1, 0.15) is 0 Å². The maximum Gasteiger partial charge on any atom is 0.164 e. The van der Waals surface area contributed by atoms with E-state index in [9.17, 15) is 0 Å². The molecule has 96 valence electrons. The molecule has 0 radical (unpaired) electrons. The van der Waals surface area contributed by atoms with Crippen molar-refractivity contribution in [3.8, 4) is 11.5 Å². The average molecular weight is 303 g/mol. The van der Waals surface area contributed by atoms with Gasteiger partial charge in [0.2, 0.25) is 0 Å². The fourth-order valence-electron chi connectivity index (χ4n) is 2.00. The van der Waals surface area contributed by atoms with Crippen LogP contribution in [0.5, 0.6) is 11.5 Å². The zero-order valence-corrected chi connectivity index (χ0v) is 12.3. The van der Waals surface area contributed by atoms with Crippen LogP contribution < -0.4 is 9.47 Å². The fourth-order valence-corrected chi connectivity index (χ4v) is 2.62. The van der Waals surface area contributed by atoms with Crippen molar-refractivity contribution in [3.63, 3.8) is 0 Å². The van der Waals surface area contributed by atoms with E-state index < -0.39 is 0 Å². The molecule has 17 heavy (non-hydrogen) atoms. The van der Waals surface area contributed by atoms with E-state index >= 15 is 0 Å². The number of aliphatic hydroxyl groups is 1. The Bertz CT molecular complexity index is 389. The zero-order valence-electron chi connectivity index (χ0n) is 10.7. The highest BCUT2D eigenvalue weighted by Crippen LogP contribution is 2.42. The number of benzene rings is 1. The fraction of sp³-hybridized carbons (Fsp3) is 0.538. The molecular formula is C13H19BrO3. The average Bonchev–Trinajstić information content (AvgIpc) is 2.30. The Kier molecular flexibility index (Phi) is 5.28. The van der Waals surface area contributed by atoms with Crippen LogP contribution in [0.3, 0.4) is 0 Å². The third kappa shape index (κ3) is 2.93. The lowest BCUT2D eigenvalue weighted by Gasteiger charge is -2.20. The van der Waals surface area contributed by atoms with Gasteiger partial charge in [0.15, 0.2) is 11.5 Å². The van der Waals surface area contributed by atoms with Gasteiger partial charge in [0.25, 0.3) is 0 Å². The molecule has 0 bridgehead atoms. The van der Waals surface area contributed by atoms with Gasteiger partial charge in [0.05, 0.1) is 14.2 Å². The highest BCUT2D eigenvalue weighted by atomic mass is 79.9. The standard InChI is InChI=1S/C13H19BrO3/c1-8(2)12-9(5-6-15)10(14)7-11(16-3)13(12)17-4/h7-8,15H,5-6H2,1-4H3. The quantitative estimate of drug-likeness (QED) is 0.908. The minimum atomic E-state index is 0.119. The first-order chi connectivity index (χ1) is 8.06. The first-order valence-electron chi connectivity index (χ1n) is 5.60. The molecule has 0 aromatic heterocycles. The second kappa shape index (κ2) is 6.26. The smallest absolute Gasteiger partial charge is 0.164 e. The van der Waals surface area contributed by atoms with Crippen LogP contribution in [0.15, 0.2) is 10.5 Å². The van der Waals surface area contributed by atoms with Gasteiger partial charge in [-0.1, -0.05) is 29.8 Å². The molecule has 0 spiro atoms. The number of rotatable bonds is 5. The summed E-state index contributed by atoms with van der Waals surface area (Å²) in [6.07, 6.45) is 0.606. The number of methoxy groups -OCH3 is 2. The van der Waals surface area contributed by atoms with Gasteiger partial charge in [0, 0.05) is 16.6 Å². The predicted molar refractivity (Wildman–Crippen MR) is 72.1 cm³/mol. The molecule has 1 rings (SSSR count). The van der Waals surface area contributed by atoms with Gasteiger partial charge in [-0.3, -0.25) is 0 Å². The lowest BCUT2D eigenvalue weighted by molar-refractivity contribution is 0.298. The van der Waals surface area contributed by atoms with Crippen LogP contribution in [0.2, 0.25) is 0 Å². The SMILES string of the molecule is COc1cc(Br)c(CCO)c(C(C)C)c1OC. The summed E-state index contributed by atoms with van der Waals surface area (Å²) in [5, 5.41) is 9.15. The minimum Gasteiger partial charge on any atom is -0.493 e. The molecule has 1 aromatic carbocycles. The Morgan fingerprint density at radius 2 is 1.94 bits per heavy atom. The molecule has 0 unspecified atom stereocenters. The third-order valence-electron chi connectivity index (χ3n) is 2.70. The van der Waals surface area contributed by atoms with Gasteiger partial charge < -0.3 is 14.6 Å². The maximum atomic E-state index is 9.15. The topological polar surface area (TPSA) is 38.7 Å². The van der Waals surface area contributed by atoms with E-state index in [-0.39, 0.29) is 6.61 Å². The second-order valence-corrected chi connectivity index (χ2v) is 4.97. The van der Waals surface area contributed by atoms with E-state index in [0.29, 0.717) is 18.1 Å². The Morgan fingerprint density at radius 1 is 1.29 bits per heavy atom. The summed E-state index contributed by atoms with van der Waals surface area (Å²) in [6.45, 7) is 4.32. The Hall–Kier alpha value is -0.740. The molecule has 0 heterocycles. The van der Waals surface area contributed by atoms with Crippen LogP contribution in [0.4, 0.5) is 0 Å². The Morgan fingerprint density at radius 3 is 2.35 bits per heavy atom. The molecule has 0 amide bonds. The molecule has 0 fully saturated rings. The molecule has 0 aliphatic rings. The summed E-state index contributed by atoms with van der Waals surface area (Å²) >= 11 is 3.52. The summed E-state index contributed by atoms with van der Waals surface area (Å²) < 4.78 is 11.7. The van der Waals surface area contributed by atoms with Gasteiger partial charge in [-0.05, 0) is 24.0 Å². The highest BCUT2D eigenvalue weighted by molar-refractivity contribution is 9.10. The summed E-state index contributed by atoms with van der Waals surface area (Å²) in [5.41, 5.74) is 2.17. The van der Waals surface area contributed by atoms with Crippen molar-refractivity contribution < 1.29 is 14.6 Å². The van der Waals surface area contributed by atoms with Crippen molar-refractivity contribution in [2.75, 3.05) is 20.8 Å². The lowest BCUT2D eigenvalue weighted by atomic mass is 9.94. The summed E-state index contributed by atoms with van der Waals surface area (Å²) in [7, 11) is 3.26. The number of ether oxygens (including phenoxy) is 2. The molecule has 0 aliphatic carbocycles.